The molecule has 1 saturated carbocycles. The molecule has 1 aliphatic carbocycles. The number of sulfone groups is 1. The van der Waals surface area contributed by atoms with Crippen molar-refractivity contribution < 1.29 is 17.7 Å². The lowest BCUT2D eigenvalue weighted by Crippen LogP contribution is -2.16. The van der Waals surface area contributed by atoms with Gasteiger partial charge in [-0.2, -0.15) is 0 Å². The summed E-state index contributed by atoms with van der Waals surface area (Å²) in [5.41, 5.74) is 1.38. The Hall–Kier alpha value is -1.95. The summed E-state index contributed by atoms with van der Waals surface area (Å²) in [6.07, 6.45) is 3.43. The van der Waals surface area contributed by atoms with Gasteiger partial charge in [0.25, 0.3) is 0 Å². The van der Waals surface area contributed by atoms with Gasteiger partial charge in [0.2, 0.25) is 0 Å². The molecule has 1 aliphatic rings. The molecule has 1 unspecified atom stereocenters. The van der Waals surface area contributed by atoms with Gasteiger partial charge in [-0.15, -0.1) is 0 Å². The molecule has 0 radical (unpaired) electrons. The average molecular weight is 333 g/mol. The third-order valence-corrected chi connectivity index (χ3v) is 6.51. The van der Waals surface area contributed by atoms with E-state index in [0.29, 0.717) is 22.5 Å². The highest BCUT2D eigenvalue weighted by molar-refractivity contribution is 7.91. The standard InChI is InChI=1S/C17H19NO4S/c1-3-23(20,21)11(2)13-6-4-5-7-14(13)16(19)15-10-18-22-17(15)12-8-9-12/h4-7,10-12H,3,8-9H2,1-2H3. The molecule has 5 nitrogen and oxygen atoms in total. The zero-order chi connectivity index (χ0) is 16.6. The molecule has 122 valence electrons. The van der Waals surface area contributed by atoms with Crippen LogP contribution in [-0.2, 0) is 9.84 Å². The Morgan fingerprint density at radius 1 is 1.30 bits per heavy atom. The monoisotopic (exact) mass is 333 g/mol. The molecule has 0 aliphatic heterocycles. The molecular formula is C17H19NO4S. The number of carbonyl (C=O) groups excluding carboxylic acids is 1. The topological polar surface area (TPSA) is 77.2 Å². The summed E-state index contributed by atoms with van der Waals surface area (Å²) in [7, 11) is -3.28. The van der Waals surface area contributed by atoms with Crippen molar-refractivity contribution in [2.24, 2.45) is 0 Å². The Balaban J connectivity index is 2.03. The zero-order valence-electron chi connectivity index (χ0n) is 13.2. The quantitative estimate of drug-likeness (QED) is 0.758. The van der Waals surface area contributed by atoms with Crippen molar-refractivity contribution in [1.29, 1.82) is 0 Å². The Labute approximate surface area is 135 Å². The van der Waals surface area contributed by atoms with Crippen molar-refractivity contribution in [1.82, 2.24) is 5.16 Å². The Morgan fingerprint density at radius 3 is 2.65 bits per heavy atom. The molecule has 0 saturated heterocycles. The molecule has 1 aromatic heterocycles. The van der Waals surface area contributed by atoms with Gasteiger partial charge in [0.15, 0.2) is 21.4 Å². The lowest BCUT2D eigenvalue weighted by Gasteiger charge is -2.15. The maximum Gasteiger partial charge on any atom is 0.198 e. The molecule has 2 aromatic rings. The van der Waals surface area contributed by atoms with E-state index in [4.69, 9.17) is 4.52 Å². The van der Waals surface area contributed by atoms with E-state index in [0.717, 1.165) is 12.8 Å². The van der Waals surface area contributed by atoms with Crippen LogP contribution in [0.25, 0.3) is 0 Å². The molecule has 0 amide bonds. The van der Waals surface area contributed by atoms with Crippen molar-refractivity contribution in [3.05, 3.63) is 52.9 Å². The van der Waals surface area contributed by atoms with Gasteiger partial charge in [-0.05, 0) is 25.3 Å². The van der Waals surface area contributed by atoms with Gasteiger partial charge in [-0.1, -0.05) is 36.3 Å². The molecule has 0 spiro atoms. The van der Waals surface area contributed by atoms with Gasteiger partial charge in [0, 0.05) is 17.2 Å². The number of aromatic nitrogens is 1. The van der Waals surface area contributed by atoms with E-state index in [-0.39, 0.29) is 17.5 Å². The molecule has 1 atom stereocenters. The van der Waals surface area contributed by atoms with Crippen LogP contribution in [0.3, 0.4) is 0 Å². The summed E-state index contributed by atoms with van der Waals surface area (Å²) in [5.74, 6) is 0.704. The minimum atomic E-state index is -3.28. The van der Waals surface area contributed by atoms with Crippen LogP contribution in [-0.4, -0.2) is 25.1 Å². The Bertz CT molecular complexity index is 834. The highest BCUT2D eigenvalue weighted by atomic mass is 32.2. The van der Waals surface area contributed by atoms with Crippen molar-refractivity contribution in [3.8, 4) is 0 Å². The third-order valence-electron chi connectivity index (χ3n) is 4.38. The van der Waals surface area contributed by atoms with Crippen LogP contribution >= 0.6 is 0 Å². The summed E-state index contributed by atoms with van der Waals surface area (Å²) >= 11 is 0. The summed E-state index contributed by atoms with van der Waals surface area (Å²) in [6, 6.07) is 6.87. The SMILES string of the molecule is CCS(=O)(=O)C(C)c1ccccc1C(=O)c1cnoc1C1CC1. The molecule has 6 heteroatoms. The van der Waals surface area contributed by atoms with Crippen LogP contribution in [0.5, 0.6) is 0 Å². The summed E-state index contributed by atoms with van der Waals surface area (Å²) < 4.78 is 29.6. The number of hydrogen-bond donors (Lipinski definition) is 0. The molecular weight excluding hydrogens is 314 g/mol. The van der Waals surface area contributed by atoms with Crippen molar-refractivity contribution in [2.75, 3.05) is 5.75 Å². The fraction of sp³-hybridized carbons (Fsp3) is 0.412. The van der Waals surface area contributed by atoms with Crippen molar-refractivity contribution in [2.45, 2.75) is 37.9 Å². The van der Waals surface area contributed by atoms with Gasteiger partial charge in [0.1, 0.15) is 0 Å². The van der Waals surface area contributed by atoms with E-state index in [1.54, 1.807) is 38.1 Å². The Kier molecular flexibility index (Phi) is 4.10. The average Bonchev–Trinajstić information content (AvgIpc) is 3.30. The second kappa shape index (κ2) is 5.92. The van der Waals surface area contributed by atoms with Gasteiger partial charge in [-0.25, -0.2) is 8.42 Å². The summed E-state index contributed by atoms with van der Waals surface area (Å²) in [5, 5.41) is 3.03. The van der Waals surface area contributed by atoms with E-state index in [9.17, 15) is 13.2 Å². The van der Waals surface area contributed by atoms with Crippen LogP contribution in [0.15, 0.2) is 35.0 Å². The molecule has 1 aromatic carbocycles. The Morgan fingerprint density at radius 2 is 2.00 bits per heavy atom. The molecule has 1 heterocycles. The number of carbonyl (C=O) groups is 1. The lowest BCUT2D eigenvalue weighted by atomic mass is 9.96. The third kappa shape index (κ3) is 2.95. The summed E-state index contributed by atoms with van der Waals surface area (Å²) in [4.78, 5) is 12.9. The van der Waals surface area contributed by atoms with Gasteiger partial charge in [0.05, 0.1) is 17.0 Å². The normalized spacial score (nSPS) is 16.3. The first-order valence-corrected chi connectivity index (χ1v) is 9.47. The van der Waals surface area contributed by atoms with E-state index in [1.807, 2.05) is 0 Å². The van der Waals surface area contributed by atoms with Gasteiger partial charge in [-0.3, -0.25) is 4.79 Å². The predicted octanol–water partition coefficient (Wildman–Crippen LogP) is 3.28. The molecule has 23 heavy (non-hydrogen) atoms. The maximum atomic E-state index is 12.9. The molecule has 1 fully saturated rings. The highest BCUT2D eigenvalue weighted by Crippen LogP contribution is 2.42. The second-order valence-electron chi connectivity index (χ2n) is 5.89. The summed E-state index contributed by atoms with van der Waals surface area (Å²) in [6.45, 7) is 3.24. The number of ketones is 1. The van der Waals surface area contributed by atoms with Crippen molar-refractivity contribution in [3.63, 3.8) is 0 Å². The molecule has 0 bridgehead atoms. The number of rotatable bonds is 6. The van der Waals surface area contributed by atoms with Crippen molar-refractivity contribution >= 4 is 15.6 Å². The largest absolute Gasteiger partial charge is 0.360 e. The predicted molar refractivity (Wildman–Crippen MR) is 86.2 cm³/mol. The van der Waals surface area contributed by atoms with Gasteiger partial charge >= 0.3 is 0 Å². The first kappa shape index (κ1) is 15.9. The number of benzene rings is 1. The van der Waals surface area contributed by atoms with Crippen LogP contribution < -0.4 is 0 Å². The molecule has 3 rings (SSSR count). The fourth-order valence-corrected chi connectivity index (χ4v) is 3.80. The minimum Gasteiger partial charge on any atom is -0.360 e. The first-order chi connectivity index (χ1) is 11.0. The minimum absolute atomic E-state index is 0.0390. The fourth-order valence-electron chi connectivity index (χ4n) is 2.71. The smallest absolute Gasteiger partial charge is 0.198 e. The second-order valence-corrected chi connectivity index (χ2v) is 8.50. The van der Waals surface area contributed by atoms with Gasteiger partial charge < -0.3 is 4.52 Å². The number of nitrogens with zero attached hydrogens (tertiary/aromatic N) is 1. The van der Waals surface area contributed by atoms with E-state index >= 15 is 0 Å². The highest BCUT2D eigenvalue weighted by Gasteiger charge is 2.34. The van der Waals surface area contributed by atoms with E-state index in [2.05, 4.69) is 5.16 Å². The first-order valence-electron chi connectivity index (χ1n) is 7.75. The van der Waals surface area contributed by atoms with Crippen LogP contribution in [0, 0.1) is 0 Å². The van der Waals surface area contributed by atoms with Crippen LogP contribution in [0.2, 0.25) is 0 Å². The van der Waals surface area contributed by atoms with E-state index in [1.165, 1.54) is 6.20 Å². The lowest BCUT2D eigenvalue weighted by molar-refractivity contribution is 0.103. The maximum absolute atomic E-state index is 12.9. The zero-order valence-corrected chi connectivity index (χ0v) is 14.0. The number of hydrogen-bond acceptors (Lipinski definition) is 5. The van der Waals surface area contributed by atoms with Crippen LogP contribution in [0.1, 0.15) is 65.1 Å². The van der Waals surface area contributed by atoms with Crippen LogP contribution in [0.4, 0.5) is 0 Å². The molecule has 0 N–H and O–H groups in total. The van der Waals surface area contributed by atoms with E-state index < -0.39 is 15.1 Å².